The molecule has 1 aliphatic heterocycles. The molecule has 0 aliphatic carbocycles. The molecule has 2 aromatic rings. The number of hydrogen-bond donors (Lipinski definition) is 2. The van der Waals surface area contributed by atoms with Crippen LogP contribution in [0, 0.1) is 18.2 Å². The molecule has 0 saturated carbocycles. The zero-order chi connectivity index (χ0) is 26.5. The van der Waals surface area contributed by atoms with Crippen LogP contribution in [0.5, 0.6) is 0 Å². The minimum atomic E-state index is -0.309. The van der Waals surface area contributed by atoms with Gasteiger partial charge in [0.05, 0.1) is 12.6 Å². The standard InChI is InChI=1S/C30H38FN3O2/c1-6-30(7-2)14-13-27(24-9-8-10-26(31)18-24)34(30)28(35)19-33-29(36)25-12-11-23(21(4)17-25)16-20(3)15-22(5)32/h8-12,15,17-18,27,32H,6-7,13-14,16,19H2,1-5H3,(H,33,36)/b20-15+,32-22?. The molecule has 2 N–H and O–H groups in total. The molecule has 1 unspecified atom stereocenters. The topological polar surface area (TPSA) is 73.3 Å². The Labute approximate surface area is 214 Å². The molecule has 1 heterocycles. The Balaban J connectivity index is 1.74. The van der Waals surface area contributed by atoms with E-state index in [2.05, 4.69) is 19.2 Å². The molecule has 2 amide bonds. The van der Waals surface area contributed by atoms with E-state index in [4.69, 9.17) is 5.41 Å². The van der Waals surface area contributed by atoms with E-state index in [1.165, 1.54) is 12.1 Å². The normalized spacial score (nSPS) is 17.2. The van der Waals surface area contributed by atoms with Crippen LogP contribution in [0.2, 0.25) is 0 Å². The average Bonchev–Trinajstić information content (AvgIpc) is 3.23. The van der Waals surface area contributed by atoms with Gasteiger partial charge in [0.1, 0.15) is 5.82 Å². The molecule has 1 atom stereocenters. The van der Waals surface area contributed by atoms with Crippen molar-refractivity contribution in [3.8, 4) is 0 Å². The third-order valence-electron chi connectivity index (χ3n) is 7.46. The van der Waals surface area contributed by atoms with E-state index in [1.54, 1.807) is 19.1 Å². The summed E-state index contributed by atoms with van der Waals surface area (Å²) < 4.78 is 14.0. The lowest BCUT2D eigenvalue weighted by atomic mass is 9.90. The van der Waals surface area contributed by atoms with Crippen molar-refractivity contribution < 1.29 is 14.0 Å². The highest BCUT2D eigenvalue weighted by Gasteiger charge is 2.46. The predicted octanol–water partition coefficient (Wildman–Crippen LogP) is 6.31. The van der Waals surface area contributed by atoms with Crippen LogP contribution in [0.3, 0.4) is 0 Å². The fraction of sp³-hybridized carbons (Fsp3) is 0.433. The Hall–Kier alpha value is -3.28. The van der Waals surface area contributed by atoms with Crippen LogP contribution in [0.4, 0.5) is 4.39 Å². The second-order valence-electron chi connectivity index (χ2n) is 9.98. The maximum atomic E-state index is 14.0. The lowest BCUT2D eigenvalue weighted by Crippen LogP contribution is -2.51. The molecule has 1 aliphatic rings. The molecule has 1 fully saturated rings. The minimum Gasteiger partial charge on any atom is -0.343 e. The molecule has 2 aromatic carbocycles. The number of amides is 2. The zero-order valence-corrected chi connectivity index (χ0v) is 22.1. The molecule has 0 spiro atoms. The van der Waals surface area contributed by atoms with Gasteiger partial charge in [-0.1, -0.05) is 37.6 Å². The molecule has 0 bridgehead atoms. The lowest BCUT2D eigenvalue weighted by molar-refractivity contribution is -0.137. The number of carbonyl (C=O) groups excluding carboxylic acids is 2. The van der Waals surface area contributed by atoms with Crippen molar-refractivity contribution in [2.45, 2.75) is 78.3 Å². The van der Waals surface area contributed by atoms with Gasteiger partial charge >= 0.3 is 0 Å². The maximum Gasteiger partial charge on any atom is 0.251 e. The number of allylic oxidation sites excluding steroid dienone is 2. The Kier molecular flexibility index (Phi) is 8.83. The van der Waals surface area contributed by atoms with E-state index < -0.39 is 0 Å². The third kappa shape index (κ3) is 6.10. The largest absolute Gasteiger partial charge is 0.343 e. The highest BCUT2D eigenvalue weighted by Crippen LogP contribution is 2.46. The first-order valence-corrected chi connectivity index (χ1v) is 12.8. The predicted molar refractivity (Wildman–Crippen MR) is 143 cm³/mol. The number of halogens is 1. The molecule has 0 radical (unpaired) electrons. The Morgan fingerprint density at radius 2 is 1.89 bits per heavy atom. The molecule has 5 nitrogen and oxygen atoms in total. The molecule has 36 heavy (non-hydrogen) atoms. The van der Waals surface area contributed by atoms with Crippen molar-refractivity contribution in [2.75, 3.05) is 6.54 Å². The molecule has 1 saturated heterocycles. The van der Waals surface area contributed by atoms with Crippen LogP contribution in [-0.4, -0.2) is 34.5 Å². The van der Waals surface area contributed by atoms with Gasteiger partial charge in [-0.05, 0) is 99.9 Å². The number of aryl methyl sites for hydroxylation is 1. The second kappa shape index (κ2) is 11.6. The van der Waals surface area contributed by atoms with E-state index in [1.807, 2.05) is 43.0 Å². The summed E-state index contributed by atoms with van der Waals surface area (Å²) in [6.45, 7) is 9.77. The van der Waals surface area contributed by atoms with Crippen molar-refractivity contribution in [1.82, 2.24) is 10.2 Å². The van der Waals surface area contributed by atoms with Gasteiger partial charge in [-0.25, -0.2) is 4.39 Å². The van der Waals surface area contributed by atoms with Crippen LogP contribution < -0.4 is 5.32 Å². The Morgan fingerprint density at radius 1 is 1.17 bits per heavy atom. The SMILES string of the molecule is CCC1(CC)CCC(c2cccc(F)c2)N1C(=O)CNC(=O)c1ccc(C/C(C)=C/C(C)=N)c(C)c1. The molecule has 192 valence electrons. The van der Waals surface area contributed by atoms with E-state index in [-0.39, 0.29) is 35.8 Å². The molecule has 0 aromatic heterocycles. The summed E-state index contributed by atoms with van der Waals surface area (Å²) >= 11 is 0. The van der Waals surface area contributed by atoms with E-state index in [9.17, 15) is 14.0 Å². The molecular formula is C30H38FN3O2. The fourth-order valence-electron chi connectivity index (χ4n) is 5.50. The van der Waals surface area contributed by atoms with Gasteiger partial charge in [-0.15, -0.1) is 0 Å². The molecular weight excluding hydrogens is 453 g/mol. The maximum absolute atomic E-state index is 14.0. The number of likely N-dealkylation sites (tertiary alicyclic amines) is 1. The summed E-state index contributed by atoms with van der Waals surface area (Å²) in [6.07, 6.45) is 5.80. The van der Waals surface area contributed by atoms with E-state index in [0.717, 1.165) is 54.4 Å². The summed E-state index contributed by atoms with van der Waals surface area (Å²) in [5, 5.41) is 10.4. The number of hydrogen-bond acceptors (Lipinski definition) is 3. The lowest BCUT2D eigenvalue weighted by Gasteiger charge is -2.40. The summed E-state index contributed by atoms with van der Waals surface area (Å²) in [5.41, 5.74) is 4.70. The summed E-state index contributed by atoms with van der Waals surface area (Å²) in [7, 11) is 0. The van der Waals surface area contributed by atoms with Crippen LogP contribution in [0.25, 0.3) is 0 Å². The Morgan fingerprint density at radius 3 is 2.50 bits per heavy atom. The van der Waals surface area contributed by atoms with Crippen molar-refractivity contribution in [3.05, 3.63) is 82.2 Å². The first kappa shape index (κ1) is 27.3. The fourth-order valence-corrected chi connectivity index (χ4v) is 5.50. The van der Waals surface area contributed by atoms with Crippen LogP contribution in [-0.2, 0) is 11.2 Å². The highest BCUT2D eigenvalue weighted by molar-refractivity contribution is 5.97. The number of carbonyl (C=O) groups is 2. The first-order chi connectivity index (χ1) is 17.1. The van der Waals surface area contributed by atoms with Crippen molar-refractivity contribution in [3.63, 3.8) is 0 Å². The Bertz CT molecular complexity index is 1170. The van der Waals surface area contributed by atoms with Gasteiger partial charge in [-0.3, -0.25) is 9.59 Å². The van der Waals surface area contributed by atoms with Gasteiger partial charge in [0.25, 0.3) is 5.91 Å². The first-order valence-electron chi connectivity index (χ1n) is 12.8. The molecule has 3 rings (SSSR count). The van der Waals surface area contributed by atoms with Crippen LogP contribution in [0.1, 0.15) is 86.5 Å². The summed E-state index contributed by atoms with van der Waals surface area (Å²) in [5.74, 6) is -0.744. The van der Waals surface area contributed by atoms with Crippen LogP contribution >= 0.6 is 0 Å². The van der Waals surface area contributed by atoms with Crippen molar-refractivity contribution in [2.24, 2.45) is 0 Å². The number of rotatable bonds is 9. The van der Waals surface area contributed by atoms with Crippen molar-refractivity contribution >= 4 is 17.5 Å². The quantitative estimate of drug-likeness (QED) is 0.403. The van der Waals surface area contributed by atoms with Gasteiger partial charge in [0.2, 0.25) is 5.91 Å². The van der Waals surface area contributed by atoms with E-state index in [0.29, 0.717) is 11.3 Å². The second-order valence-corrected chi connectivity index (χ2v) is 9.98. The number of benzene rings is 2. The smallest absolute Gasteiger partial charge is 0.251 e. The average molecular weight is 492 g/mol. The number of nitrogens with zero attached hydrogens (tertiary/aromatic N) is 1. The van der Waals surface area contributed by atoms with Gasteiger partial charge in [0.15, 0.2) is 0 Å². The highest BCUT2D eigenvalue weighted by atomic mass is 19.1. The third-order valence-corrected chi connectivity index (χ3v) is 7.46. The van der Waals surface area contributed by atoms with Gasteiger partial charge in [-0.2, -0.15) is 0 Å². The van der Waals surface area contributed by atoms with Gasteiger partial charge in [0, 0.05) is 16.8 Å². The summed E-state index contributed by atoms with van der Waals surface area (Å²) in [4.78, 5) is 28.3. The summed E-state index contributed by atoms with van der Waals surface area (Å²) in [6, 6.07) is 11.8. The van der Waals surface area contributed by atoms with Gasteiger partial charge < -0.3 is 15.6 Å². The monoisotopic (exact) mass is 491 g/mol. The van der Waals surface area contributed by atoms with Crippen LogP contribution in [0.15, 0.2) is 54.1 Å². The van der Waals surface area contributed by atoms with E-state index >= 15 is 0 Å². The number of nitrogens with one attached hydrogen (secondary N) is 2. The van der Waals surface area contributed by atoms with Crippen molar-refractivity contribution in [1.29, 1.82) is 5.41 Å². The molecule has 6 heteroatoms. The zero-order valence-electron chi connectivity index (χ0n) is 22.1. The minimum absolute atomic E-state index is 0.104.